The summed E-state index contributed by atoms with van der Waals surface area (Å²) in [5.74, 6) is 1.74. The molecule has 0 spiro atoms. The molecule has 4 aromatic rings. The Balaban J connectivity index is 1.59. The zero-order valence-electron chi connectivity index (χ0n) is 18.6. The van der Waals surface area contributed by atoms with Gasteiger partial charge in [-0.25, -0.2) is 4.68 Å². The lowest BCUT2D eigenvalue weighted by Crippen LogP contribution is -2.30. The van der Waals surface area contributed by atoms with E-state index in [2.05, 4.69) is 5.10 Å². The highest BCUT2D eigenvalue weighted by Gasteiger charge is 2.22. The molecule has 0 saturated heterocycles. The molecule has 0 atom stereocenters. The van der Waals surface area contributed by atoms with E-state index in [0.717, 1.165) is 5.56 Å². The summed E-state index contributed by atoms with van der Waals surface area (Å²) in [5.41, 5.74) is 2.71. The smallest absolute Gasteiger partial charge is 0.272 e. The zero-order chi connectivity index (χ0) is 23.4. The van der Waals surface area contributed by atoms with Crippen molar-refractivity contribution < 1.29 is 18.7 Å². The van der Waals surface area contributed by atoms with Gasteiger partial charge in [0.2, 0.25) is 0 Å². The van der Waals surface area contributed by atoms with E-state index in [-0.39, 0.29) is 5.91 Å². The van der Waals surface area contributed by atoms with E-state index in [9.17, 15) is 4.79 Å². The molecule has 4 rings (SSSR count). The number of aromatic nitrogens is 2. The second-order valence-electron chi connectivity index (χ2n) is 7.45. The van der Waals surface area contributed by atoms with Crippen LogP contribution in [-0.4, -0.2) is 48.4 Å². The third-order valence-corrected chi connectivity index (χ3v) is 5.52. The quantitative estimate of drug-likeness (QED) is 0.361. The summed E-state index contributed by atoms with van der Waals surface area (Å²) in [5, 5.41) is 5.17. The van der Waals surface area contributed by atoms with E-state index in [1.807, 2.05) is 30.3 Å². The average Bonchev–Trinajstić information content (AvgIpc) is 3.52. The number of benzene rings is 2. The van der Waals surface area contributed by atoms with Gasteiger partial charge in [0, 0.05) is 24.7 Å². The maximum Gasteiger partial charge on any atom is 0.272 e. The van der Waals surface area contributed by atoms with Gasteiger partial charge in [-0.3, -0.25) is 4.79 Å². The Bertz CT molecular complexity index is 1250. The van der Waals surface area contributed by atoms with Crippen molar-refractivity contribution in [2.75, 3.05) is 27.8 Å². The van der Waals surface area contributed by atoms with Gasteiger partial charge in [0.1, 0.15) is 11.4 Å². The van der Waals surface area contributed by atoms with Crippen molar-refractivity contribution in [2.45, 2.75) is 6.42 Å². The first-order chi connectivity index (χ1) is 16.0. The summed E-state index contributed by atoms with van der Waals surface area (Å²) in [4.78, 5) is 15.1. The number of furan rings is 1. The molecule has 0 aliphatic heterocycles. The molecule has 2 aromatic carbocycles. The van der Waals surface area contributed by atoms with E-state index in [1.54, 1.807) is 67.4 Å². The van der Waals surface area contributed by atoms with Crippen molar-refractivity contribution in [3.05, 3.63) is 83.2 Å². The fourth-order valence-electron chi connectivity index (χ4n) is 3.51. The van der Waals surface area contributed by atoms with Crippen LogP contribution >= 0.6 is 11.6 Å². The molecule has 7 nitrogen and oxygen atoms in total. The standard InChI is InChI=1S/C25H24ClN3O4/c1-28(12-11-17-9-10-23(31-2)24(14-17)32-3)25(30)21-16-20(22-8-5-13-33-22)27-29(21)19-7-4-6-18(26)15-19/h4-10,13-16H,11-12H2,1-3H3. The fourth-order valence-corrected chi connectivity index (χ4v) is 3.70. The first-order valence-electron chi connectivity index (χ1n) is 10.4. The van der Waals surface area contributed by atoms with Crippen molar-refractivity contribution in [3.8, 4) is 28.6 Å². The van der Waals surface area contributed by atoms with Crippen molar-refractivity contribution in [3.63, 3.8) is 0 Å². The molecule has 0 aliphatic rings. The average molecular weight is 466 g/mol. The van der Waals surface area contributed by atoms with Crippen LogP contribution in [-0.2, 0) is 6.42 Å². The molecule has 2 heterocycles. The number of ether oxygens (including phenoxy) is 2. The van der Waals surface area contributed by atoms with Gasteiger partial charge in [-0.15, -0.1) is 0 Å². The van der Waals surface area contributed by atoms with Gasteiger partial charge in [-0.2, -0.15) is 5.10 Å². The highest BCUT2D eigenvalue weighted by atomic mass is 35.5. The lowest BCUT2D eigenvalue weighted by molar-refractivity contribution is 0.0787. The van der Waals surface area contributed by atoms with Gasteiger partial charge in [-0.05, 0) is 54.4 Å². The molecule has 0 N–H and O–H groups in total. The Labute approximate surface area is 197 Å². The Morgan fingerprint density at radius 3 is 2.58 bits per heavy atom. The summed E-state index contributed by atoms with van der Waals surface area (Å²) >= 11 is 6.19. The molecule has 33 heavy (non-hydrogen) atoms. The van der Waals surface area contributed by atoms with Gasteiger partial charge in [0.15, 0.2) is 17.3 Å². The highest BCUT2D eigenvalue weighted by molar-refractivity contribution is 6.30. The number of hydrogen-bond acceptors (Lipinski definition) is 5. The molecule has 8 heteroatoms. The van der Waals surface area contributed by atoms with Gasteiger partial charge >= 0.3 is 0 Å². The van der Waals surface area contributed by atoms with Gasteiger partial charge in [0.05, 0.1) is 26.2 Å². The lowest BCUT2D eigenvalue weighted by atomic mass is 10.1. The van der Waals surface area contributed by atoms with Crippen LogP contribution in [0.25, 0.3) is 17.1 Å². The van der Waals surface area contributed by atoms with Crippen molar-refractivity contribution >= 4 is 17.5 Å². The maximum absolute atomic E-state index is 13.4. The van der Waals surface area contributed by atoms with E-state index in [0.29, 0.717) is 52.3 Å². The van der Waals surface area contributed by atoms with Crippen LogP contribution in [0.3, 0.4) is 0 Å². The van der Waals surface area contributed by atoms with Crippen LogP contribution in [0.4, 0.5) is 0 Å². The third kappa shape index (κ3) is 4.88. The number of methoxy groups -OCH3 is 2. The Kier molecular flexibility index (Phi) is 6.70. The Morgan fingerprint density at radius 1 is 1.06 bits per heavy atom. The molecular formula is C25H24ClN3O4. The van der Waals surface area contributed by atoms with E-state index < -0.39 is 0 Å². The van der Waals surface area contributed by atoms with Crippen LogP contribution in [0.15, 0.2) is 71.3 Å². The van der Waals surface area contributed by atoms with Crippen LogP contribution in [0, 0.1) is 0 Å². The molecule has 170 valence electrons. The Morgan fingerprint density at radius 2 is 1.88 bits per heavy atom. The monoisotopic (exact) mass is 465 g/mol. The van der Waals surface area contributed by atoms with Gasteiger partial charge < -0.3 is 18.8 Å². The number of halogens is 1. The van der Waals surface area contributed by atoms with Crippen molar-refractivity contribution in [1.82, 2.24) is 14.7 Å². The van der Waals surface area contributed by atoms with E-state index >= 15 is 0 Å². The zero-order valence-corrected chi connectivity index (χ0v) is 19.4. The minimum absolute atomic E-state index is 0.166. The summed E-state index contributed by atoms with van der Waals surface area (Å²) in [7, 11) is 4.97. The summed E-state index contributed by atoms with van der Waals surface area (Å²) in [6.07, 6.45) is 2.23. The number of nitrogens with zero attached hydrogens (tertiary/aromatic N) is 3. The van der Waals surface area contributed by atoms with E-state index in [4.69, 9.17) is 25.5 Å². The number of carbonyl (C=O) groups excluding carboxylic acids is 1. The number of likely N-dealkylation sites (N-methyl/N-ethyl adjacent to an activating group) is 1. The second-order valence-corrected chi connectivity index (χ2v) is 7.89. The van der Waals surface area contributed by atoms with Gasteiger partial charge in [-0.1, -0.05) is 23.7 Å². The van der Waals surface area contributed by atoms with Crippen molar-refractivity contribution in [1.29, 1.82) is 0 Å². The number of amides is 1. The van der Waals surface area contributed by atoms with Crippen LogP contribution in [0.2, 0.25) is 5.02 Å². The predicted octanol–water partition coefficient (Wildman–Crippen LogP) is 5.12. The summed E-state index contributed by atoms with van der Waals surface area (Å²) in [6, 6.07) is 18.3. The molecule has 0 unspecified atom stereocenters. The van der Waals surface area contributed by atoms with Crippen LogP contribution < -0.4 is 9.47 Å². The second kappa shape index (κ2) is 9.83. The first-order valence-corrected chi connectivity index (χ1v) is 10.7. The molecule has 0 fully saturated rings. The topological polar surface area (TPSA) is 69.7 Å². The first kappa shape index (κ1) is 22.5. The van der Waals surface area contributed by atoms with Crippen LogP contribution in [0.1, 0.15) is 16.1 Å². The van der Waals surface area contributed by atoms with Crippen molar-refractivity contribution in [2.24, 2.45) is 0 Å². The van der Waals surface area contributed by atoms with E-state index in [1.165, 1.54) is 0 Å². The molecule has 2 aromatic heterocycles. The summed E-state index contributed by atoms with van der Waals surface area (Å²) in [6.45, 7) is 0.505. The maximum atomic E-state index is 13.4. The fraction of sp³-hybridized carbons (Fsp3) is 0.200. The minimum Gasteiger partial charge on any atom is -0.493 e. The van der Waals surface area contributed by atoms with Gasteiger partial charge in [0.25, 0.3) is 5.91 Å². The lowest BCUT2D eigenvalue weighted by Gasteiger charge is -2.18. The normalized spacial score (nSPS) is 10.8. The summed E-state index contributed by atoms with van der Waals surface area (Å²) < 4.78 is 17.8. The molecule has 1 amide bonds. The third-order valence-electron chi connectivity index (χ3n) is 5.29. The number of hydrogen-bond donors (Lipinski definition) is 0. The Hall–Kier alpha value is -3.71. The molecule has 0 radical (unpaired) electrons. The predicted molar refractivity (Wildman–Crippen MR) is 126 cm³/mol. The number of rotatable bonds is 8. The molecule has 0 aliphatic carbocycles. The van der Waals surface area contributed by atoms with Crippen LogP contribution in [0.5, 0.6) is 11.5 Å². The minimum atomic E-state index is -0.166. The highest BCUT2D eigenvalue weighted by Crippen LogP contribution is 2.28. The largest absolute Gasteiger partial charge is 0.493 e. The molecule has 0 bridgehead atoms. The molecule has 0 saturated carbocycles. The molecular weight excluding hydrogens is 442 g/mol. The SMILES string of the molecule is COc1ccc(CCN(C)C(=O)c2cc(-c3ccco3)nn2-c2cccc(Cl)c2)cc1OC. The number of carbonyl (C=O) groups is 1.